The number of benzene rings is 3. The molecule has 1 heterocycles. The Morgan fingerprint density at radius 1 is 1.03 bits per heavy atom. The fourth-order valence-electron chi connectivity index (χ4n) is 3.14. The molecule has 0 saturated carbocycles. The first-order chi connectivity index (χ1) is 15.4. The number of imide groups is 1. The number of nitrogens with zero attached hydrogens (tertiary/aromatic N) is 2. The first-order valence-corrected chi connectivity index (χ1v) is 11.4. The molecule has 3 aromatic carbocycles. The second kappa shape index (κ2) is 9.42. The second-order valence-electron chi connectivity index (χ2n) is 7.15. The van der Waals surface area contributed by atoms with Gasteiger partial charge in [-0.15, -0.1) is 0 Å². The smallest absolute Gasteiger partial charge is 0.268 e. The van der Waals surface area contributed by atoms with Crippen LogP contribution in [-0.4, -0.2) is 21.0 Å². The van der Waals surface area contributed by atoms with Crippen molar-refractivity contribution in [3.05, 3.63) is 105 Å². The Morgan fingerprint density at radius 2 is 1.75 bits per heavy atom. The highest BCUT2D eigenvalue weighted by molar-refractivity contribution is 8.18. The molecule has 1 aliphatic rings. The lowest BCUT2D eigenvalue weighted by molar-refractivity contribution is -0.387. The van der Waals surface area contributed by atoms with E-state index >= 15 is 0 Å². The predicted octanol–water partition coefficient (Wildman–Crippen LogP) is 6.29. The molecule has 0 N–H and O–H groups in total. The van der Waals surface area contributed by atoms with Gasteiger partial charge in [0.15, 0.2) is 0 Å². The molecule has 2 amide bonds. The average molecular weight is 463 g/mol. The van der Waals surface area contributed by atoms with Crippen molar-refractivity contribution in [1.29, 1.82) is 0 Å². The van der Waals surface area contributed by atoms with Crippen molar-refractivity contribution in [3.63, 3.8) is 0 Å². The topological polar surface area (TPSA) is 80.5 Å². The van der Waals surface area contributed by atoms with Crippen molar-refractivity contribution in [2.75, 3.05) is 0 Å². The van der Waals surface area contributed by atoms with Gasteiger partial charge < -0.3 is 0 Å². The summed E-state index contributed by atoms with van der Waals surface area (Å²) in [5.41, 5.74) is 2.41. The Balaban J connectivity index is 1.57. The third-order valence-electron chi connectivity index (χ3n) is 4.78. The molecule has 0 radical (unpaired) electrons. The molecule has 6 nitrogen and oxygen atoms in total. The molecule has 160 valence electrons. The molecule has 0 unspecified atom stereocenters. The van der Waals surface area contributed by atoms with Gasteiger partial charge in [-0.1, -0.05) is 65.9 Å². The van der Waals surface area contributed by atoms with Crippen molar-refractivity contribution >= 4 is 46.4 Å². The molecular weight excluding hydrogens is 444 g/mol. The van der Waals surface area contributed by atoms with E-state index in [2.05, 4.69) is 0 Å². The lowest BCUT2D eigenvalue weighted by atomic mass is 10.1. The summed E-state index contributed by atoms with van der Waals surface area (Å²) < 4.78 is 0. The molecule has 1 fully saturated rings. The van der Waals surface area contributed by atoms with Crippen LogP contribution in [0.2, 0.25) is 0 Å². The van der Waals surface area contributed by atoms with Gasteiger partial charge in [0, 0.05) is 11.0 Å². The number of aryl methyl sites for hydroxylation is 1. The second-order valence-corrected chi connectivity index (χ2v) is 9.26. The fourth-order valence-corrected chi connectivity index (χ4v) is 4.88. The molecule has 0 spiro atoms. The van der Waals surface area contributed by atoms with Crippen LogP contribution < -0.4 is 0 Å². The van der Waals surface area contributed by atoms with Crippen LogP contribution in [0.1, 0.15) is 16.7 Å². The number of hydrogen-bond acceptors (Lipinski definition) is 6. The van der Waals surface area contributed by atoms with Crippen LogP contribution in [0.15, 0.2) is 87.5 Å². The molecule has 0 atom stereocenters. The van der Waals surface area contributed by atoms with Gasteiger partial charge in [0.2, 0.25) is 0 Å². The largest absolute Gasteiger partial charge is 0.293 e. The van der Waals surface area contributed by atoms with E-state index in [0.29, 0.717) is 10.5 Å². The summed E-state index contributed by atoms with van der Waals surface area (Å²) in [6.07, 6.45) is 1.53. The number of rotatable bonds is 6. The highest BCUT2D eigenvalue weighted by Gasteiger charge is 2.35. The minimum atomic E-state index is -0.436. The summed E-state index contributed by atoms with van der Waals surface area (Å²) in [6, 6.07) is 21.8. The number of nitro groups is 1. The van der Waals surface area contributed by atoms with Crippen molar-refractivity contribution in [2.45, 2.75) is 23.3 Å². The number of amides is 2. The molecule has 0 aliphatic carbocycles. The number of carbonyl (C=O) groups excluding carboxylic acids is 2. The quantitative estimate of drug-likeness (QED) is 0.243. The number of thioether (sulfide) groups is 1. The molecule has 8 heteroatoms. The van der Waals surface area contributed by atoms with E-state index in [9.17, 15) is 19.7 Å². The van der Waals surface area contributed by atoms with Gasteiger partial charge in [-0.05, 0) is 54.1 Å². The molecule has 32 heavy (non-hydrogen) atoms. The minimum absolute atomic E-state index is 0.0483. The third-order valence-corrected chi connectivity index (χ3v) is 6.76. The van der Waals surface area contributed by atoms with Crippen molar-refractivity contribution in [3.8, 4) is 0 Å². The molecular formula is C24H18N2O4S2. The summed E-state index contributed by atoms with van der Waals surface area (Å²) >= 11 is 2.15. The third kappa shape index (κ3) is 4.92. The zero-order valence-corrected chi connectivity index (χ0v) is 18.7. The predicted molar refractivity (Wildman–Crippen MR) is 126 cm³/mol. The SMILES string of the molecule is Cc1ccc(Sc2ccc(C=C3SC(=O)N(Cc4ccccc4)C3=O)cc2[N+](=O)[O-])cc1. The standard InChI is InChI=1S/C24H18N2O4S2/c1-16-7-10-19(11-8-16)31-21-12-9-18(13-20(21)26(29)30)14-22-23(27)25(24(28)32-22)15-17-5-3-2-4-6-17/h2-14H,15H2,1H3. The van der Waals surface area contributed by atoms with Gasteiger partial charge in [0.1, 0.15) is 0 Å². The molecule has 3 aromatic rings. The minimum Gasteiger partial charge on any atom is -0.268 e. The van der Waals surface area contributed by atoms with E-state index in [1.54, 1.807) is 12.1 Å². The van der Waals surface area contributed by atoms with Crippen LogP contribution in [0.3, 0.4) is 0 Å². The van der Waals surface area contributed by atoms with Gasteiger partial charge in [0.25, 0.3) is 16.8 Å². The van der Waals surface area contributed by atoms with E-state index in [4.69, 9.17) is 0 Å². The maximum atomic E-state index is 12.8. The summed E-state index contributed by atoms with van der Waals surface area (Å²) in [7, 11) is 0. The lowest BCUT2D eigenvalue weighted by Gasteiger charge is -2.12. The Bertz CT molecular complexity index is 1220. The zero-order valence-electron chi connectivity index (χ0n) is 17.1. The molecule has 1 aliphatic heterocycles. The molecule has 0 aromatic heterocycles. The maximum absolute atomic E-state index is 12.8. The van der Waals surface area contributed by atoms with Crippen LogP contribution in [0.25, 0.3) is 6.08 Å². The highest BCUT2D eigenvalue weighted by atomic mass is 32.2. The van der Waals surface area contributed by atoms with Crippen LogP contribution in [0, 0.1) is 17.0 Å². The van der Waals surface area contributed by atoms with E-state index < -0.39 is 10.8 Å². The average Bonchev–Trinajstić information content (AvgIpc) is 3.04. The Morgan fingerprint density at radius 3 is 2.44 bits per heavy atom. The van der Waals surface area contributed by atoms with Gasteiger partial charge >= 0.3 is 0 Å². The van der Waals surface area contributed by atoms with Crippen LogP contribution >= 0.6 is 23.5 Å². The Hall–Kier alpha value is -3.36. The first-order valence-electron chi connectivity index (χ1n) is 9.73. The normalized spacial score (nSPS) is 14.9. The summed E-state index contributed by atoms with van der Waals surface area (Å²) in [6.45, 7) is 2.17. The number of nitro benzene ring substituents is 1. The van der Waals surface area contributed by atoms with Crippen LogP contribution in [0.4, 0.5) is 10.5 Å². The van der Waals surface area contributed by atoms with Gasteiger partial charge in [-0.25, -0.2) is 0 Å². The monoisotopic (exact) mass is 462 g/mol. The first kappa shape index (κ1) is 21.9. The van der Waals surface area contributed by atoms with Gasteiger partial charge in [0.05, 0.1) is 21.3 Å². The van der Waals surface area contributed by atoms with Gasteiger partial charge in [-0.3, -0.25) is 24.6 Å². The van der Waals surface area contributed by atoms with E-state index in [-0.39, 0.29) is 22.4 Å². The van der Waals surface area contributed by atoms with Crippen molar-refractivity contribution in [2.24, 2.45) is 0 Å². The Labute approximate surface area is 193 Å². The zero-order chi connectivity index (χ0) is 22.7. The molecule has 1 saturated heterocycles. The van der Waals surface area contributed by atoms with Gasteiger partial charge in [-0.2, -0.15) is 0 Å². The summed E-state index contributed by atoms with van der Waals surface area (Å²) in [4.78, 5) is 39.2. The van der Waals surface area contributed by atoms with E-state index in [1.165, 1.54) is 28.8 Å². The fraction of sp³-hybridized carbons (Fsp3) is 0.0833. The maximum Gasteiger partial charge on any atom is 0.293 e. The molecule has 0 bridgehead atoms. The van der Waals surface area contributed by atoms with Crippen molar-refractivity contribution < 1.29 is 14.5 Å². The summed E-state index contributed by atoms with van der Waals surface area (Å²) in [5.74, 6) is -0.399. The molecule has 4 rings (SSSR count). The lowest BCUT2D eigenvalue weighted by Crippen LogP contribution is -2.27. The van der Waals surface area contributed by atoms with E-state index in [0.717, 1.165) is 27.8 Å². The highest BCUT2D eigenvalue weighted by Crippen LogP contribution is 2.37. The Kier molecular flexibility index (Phi) is 6.43. The van der Waals surface area contributed by atoms with Crippen molar-refractivity contribution in [1.82, 2.24) is 4.90 Å². The number of hydrogen-bond donors (Lipinski definition) is 0. The number of carbonyl (C=O) groups is 2. The van der Waals surface area contributed by atoms with Crippen LogP contribution in [0.5, 0.6) is 0 Å². The van der Waals surface area contributed by atoms with E-state index in [1.807, 2.05) is 61.5 Å². The van der Waals surface area contributed by atoms with Crippen LogP contribution in [-0.2, 0) is 11.3 Å². The summed E-state index contributed by atoms with van der Waals surface area (Å²) in [5, 5.41) is 11.3.